The molecule has 0 radical (unpaired) electrons. The smallest absolute Gasteiger partial charge is 0.320 e. The van der Waals surface area contributed by atoms with Crippen LogP contribution in [0.5, 0.6) is 34.5 Å². The lowest BCUT2D eigenvalue weighted by Gasteiger charge is -2.22. The SMILES string of the molecule is CCOc1c(COc2cc(OCc3cccc(-c4cccc(COc5cc(OCc6cccc7c6OCC(=O)N7)c(CNC(CCO)C(=O)O)cc5Cl)c4C)c3C)c(Cl)cc2CNC(CCO)C(=O)O)cccc1NC=O. The number of para-hydroxylation sites is 2. The number of hydrogen-bond donors (Lipinski definition) is 8. The number of benzene rings is 6. The van der Waals surface area contributed by atoms with E-state index in [9.17, 15) is 39.6 Å². The fourth-order valence-corrected chi connectivity index (χ4v) is 9.12. The molecule has 2 unspecified atom stereocenters. The van der Waals surface area contributed by atoms with Gasteiger partial charge in [-0.3, -0.25) is 19.2 Å². The van der Waals surface area contributed by atoms with E-state index < -0.39 is 24.0 Å². The van der Waals surface area contributed by atoms with Gasteiger partial charge in [0.2, 0.25) is 6.41 Å². The number of amides is 2. The number of aliphatic hydroxyl groups excluding tert-OH is 2. The number of aliphatic carboxylic acids is 2. The van der Waals surface area contributed by atoms with Gasteiger partial charge in [-0.25, -0.2) is 0 Å². The number of rotatable bonds is 29. The molecule has 0 bridgehead atoms. The predicted molar refractivity (Wildman–Crippen MR) is 289 cm³/mol. The molecule has 1 heterocycles. The van der Waals surface area contributed by atoms with Crippen LogP contribution in [-0.2, 0) is 58.7 Å². The molecule has 77 heavy (non-hydrogen) atoms. The molecule has 2 amide bonds. The highest BCUT2D eigenvalue weighted by Crippen LogP contribution is 2.39. The highest BCUT2D eigenvalue weighted by atomic mass is 35.5. The summed E-state index contributed by atoms with van der Waals surface area (Å²) in [5.74, 6) is -0.270. The molecule has 2 atom stereocenters. The van der Waals surface area contributed by atoms with E-state index in [-0.39, 0.29) is 88.1 Å². The van der Waals surface area contributed by atoms with Crippen LogP contribution in [0.4, 0.5) is 11.4 Å². The van der Waals surface area contributed by atoms with Crippen molar-refractivity contribution in [2.24, 2.45) is 0 Å². The third kappa shape index (κ3) is 14.7. The number of carboxylic acids is 2. The number of carbonyl (C=O) groups excluding carboxylic acids is 2. The summed E-state index contributed by atoms with van der Waals surface area (Å²) in [5.41, 5.74) is 8.90. The second-order valence-electron chi connectivity index (χ2n) is 17.8. The number of nitrogens with one attached hydrogen (secondary N) is 4. The summed E-state index contributed by atoms with van der Waals surface area (Å²) in [7, 11) is 0. The Morgan fingerprint density at radius 3 is 1.62 bits per heavy atom. The summed E-state index contributed by atoms with van der Waals surface area (Å²) in [4.78, 5) is 47.2. The first-order chi connectivity index (χ1) is 37.2. The van der Waals surface area contributed by atoms with Gasteiger partial charge in [-0.05, 0) is 91.3 Å². The standard InChI is InChI=1S/C57H60Cl2N4O14/c1-4-72-54-37(11-7-15-45(54)62-32-66)29-73-49-23-51(43(58)21-39(49)25-60-47(17-19-64)56(68)69)75-27-35-9-5-13-41(33(35)2)42-14-6-10-36(34(42)3)28-76-52-24-50(40(22-44(52)59)26-61-48(18-20-65)57(70)71)74-30-38-12-8-16-46-55(38)77-31-53(67)63-46/h5-16,21-24,32,47-48,60-61,64-65H,4,17-20,25-31H2,1-3H3,(H,62,66)(H,63,67)(H,68,69)(H,70,71). The molecule has 0 aromatic heterocycles. The Morgan fingerprint density at radius 1 is 0.649 bits per heavy atom. The maximum Gasteiger partial charge on any atom is 0.320 e. The molecule has 406 valence electrons. The van der Waals surface area contributed by atoms with Gasteiger partial charge in [-0.1, -0.05) is 83.9 Å². The summed E-state index contributed by atoms with van der Waals surface area (Å²) in [6.07, 6.45) is 0.530. The highest BCUT2D eigenvalue weighted by Gasteiger charge is 2.24. The van der Waals surface area contributed by atoms with E-state index in [1.807, 2.05) is 63.2 Å². The van der Waals surface area contributed by atoms with Crippen LogP contribution in [-0.4, -0.2) is 83.2 Å². The average Bonchev–Trinajstić information content (AvgIpc) is 3.41. The van der Waals surface area contributed by atoms with Gasteiger partial charge >= 0.3 is 11.9 Å². The van der Waals surface area contributed by atoms with Gasteiger partial charge in [0.25, 0.3) is 5.91 Å². The van der Waals surface area contributed by atoms with Gasteiger partial charge in [-0.15, -0.1) is 0 Å². The Morgan fingerprint density at radius 2 is 1.12 bits per heavy atom. The van der Waals surface area contributed by atoms with Crippen molar-refractivity contribution in [3.63, 3.8) is 0 Å². The molecular formula is C57H60Cl2N4O14. The normalized spacial score (nSPS) is 12.6. The molecule has 0 spiro atoms. The third-order valence-corrected chi connectivity index (χ3v) is 13.4. The minimum absolute atomic E-state index is 0.00714. The van der Waals surface area contributed by atoms with Crippen LogP contribution in [0.3, 0.4) is 0 Å². The number of carbonyl (C=O) groups is 4. The number of halogens is 2. The molecule has 0 saturated carbocycles. The average molecular weight is 1100 g/mol. The first-order valence-corrected chi connectivity index (χ1v) is 25.5. The molecule has 0 saturated heterocycles. The summed E-state index contributed by atoms with van der Waals surface area (Å²) >= 11 is 13.7. The Labute approximate surface area is 455 Å². The van der Waals surface area contributed by atoms with E-state index in [1.165, 1.54) is 0 Å². The molecule has 1 aliphatic rings. The third-order valence-electron chi connectivity index (χ3n) is 12.8. The lowest BCUT2D eigenvalue weighted by atomic mass is 9.92. The van der Waals surface area contributed by atoms with Gasteiger partial charge in [0.05, 0.1) is 28.0 Å². The lowest BCUT2D eigenvalue weighted by Crippen LogP contribution is -2.37. The van der Waals surface area contributed by atoms with Crippen molar-refractivity contribution < 1.29 is 68.0 Å². The summed E-state index contributed by atoms with van der Waals surface area (Å²) < 4.78 is 37.1. The number of anilines is 2. The topological polar surface area (TPSA) is 253 Å². The van der Waals surface area contributed by atoms with Crippen LogP contribution in [0.2, 0.25) is 10.0 Å². The van der Waals surface area contributed by atoms with Crippen LogP contribution in [0.25, 0.3) is 11.1 Å². The van der Waals surface area contributed by atoms with Crippen LogP contribution in [0.1, 0.15) is 64.3 Å². The van der Waals surface area contributed by atoms with Crippen LogP contribution in [0, 0.1) is 13.8 Å². The Kier molecular flexibility index (Phi) is 20.4. The summed E-state index contributed by atoms with van der Waals surface area (Å²) in [6.45, 7) is 5.71. The van der Waals surface area contributed by atoms with Gasteiger partial charge < -0.3 is 70.1 Å². The zero-order valence-corrected chi connectivity index (χ0v) is 44.1. The van der Waals surface area contributed by atoms with Gasteiger partial charge in [0.15, 0.2) is 6.61 Å². The largest absolute Gasteiger partial charge is 0.491 e. The minimum atomic E-state index is -1.12. The van der Waals surface area contributed by atoms with Crippen molar-refractivity contribution in [3.05, 3.63) is 152 Å². The van der Waals surface area contributed by atoms with E-state index in [0.717, 1.165) is 33.4 Å². The number of ether oxygens (including phenoxy) is 6. The molecule has 0 aliphatic carbocycles. The molecule has 6 aromatic carbocycles. The zero-order valence-electron chi connectivity index (χ0n) is 42.6. The van der Waals surface area contributed by atoms with Gasteiger partial charge in [0.1, 0.15) is 73.0 Å². The van der Waals surface area contributed by atoms with Crippen molar-refractivity contribution in [1.29, 1.82) is 0 Å². The minimum Gasteiger partial charge on any atom is -0.491 e. The van der Waals surface area contributed by atoms with Crippen molar-refractivity contribution in [2.75, 3.05) is 37.1 Å². The summed E-state index contributed by atoms with van der Waals surface area (Å²) in [5, 5.41) is 50.3. The number of fused-ring (bicyclic) bond motifs is 1. The Bertz CT molecular complexity index is 3080. The van der Waals surface area contributed by atoms with Gasteiger partial charge in [-0.2, -0.15) is 0 Å². The Balaban J connectivity index is 1.10. The molecular weight excluding hydrogens is 1040 g/mol. The van der Waals surface area contributed by atoms with E-state index in [4.69, 9.17) is 51.6 Å². The first kappa shape index (κ1) is 57.1. The fraction of sp³-hybridized carbons (Fsp3) is 0.298. The Hall–Kier alpha value is -7.58. The maximum atomic E-state index is 12.0. The first-order valence-electron chi connectivity index (χ1n) is 24.7. The predicted octanol–water partition coefficient (Wildman–Crippen LogP) is 8.74. The second kappa shape index (κ2) is 27.5. The quantitative estimate of drug-likeness (QED) is 0.0204. The second-order valence-corrected chi connectivity index (χ2v) is 18.6. The number of hydrogen-bond acceptors (Lipinski definition) is 14. The molecule has 8 N–H and O–H groups in total. The maximum absolute atomic E-state index is 12.0. The van der Waals surface area contributed by atoms with E-state index in [0.29, 0.717) is 81.1 Å². The number of carboxylic acid groups (broad SMARTS) is 2. The van der Waals surface area contributed by atoms with E-state index in [2.05, 4.69) is 21.3 Å². The monoisotopic (exact) mass is 1090 g/mol. The molecule has 18 nitrogen and oxygen atoms in total. The van der Waals surface area contributed by atoms with Crippen molar-refractivity contribution in [3.8, 4) is 45.6 Å². The van der Waals surface area contributed by atoms with Crippen molar-refractivity contribution >= 4 is 58.8 Å². The lowest BCUT2D eigenvalue weighted by molar-refractivity contribution is -0.140. The number of aliphatic hydroxyl groups is 2. The fourth-order valence-electron chi connectivity index (χ4n) is 8.64. The van der Waals surface area contributed by atoms with Crippen LogP contribution in [0.15, 0.2) is 97.1 Å². The zero-order chi connectivity index (χ0) is 55.0. The molecule has 1 aliphatic heterocycles. The van der Waals surface area contributed by atoms with Gasteiger partial charge in [0, 0.05) is 60.7 Å². The van der Waals surface area contributed by atoms with Crippen LogP contribution < -0.4 is 49.7 Å². The summed E-state index contributed by atoms with van der Waals surface area (Å²) in [6, 6.07) is 26.9. The van der Waals surface area contributed by atoms with Crippen molar-refractivity contribution in [2.45, 2.75) is 85.2 Å². The molecule has 0 fully saturated rings. The van der Waals surface area contributed by atoms with E-state index in [1.54, 1.807) is 54.6 Å². The van der Waals surface area contributed by atoms with E-state index >= 15 is 0 Å². The molecule has 20 heteroatoms. The van der Waals surface area contributed by atoms with Crippen LogP contribution >= 0.6 is 23.2 Å². The molecule has 6 aromatic rings. The highest BCUT2D eigenvalue weighted by molar-refractivity contribution is 6.32. The molecule has 7 rings (SSSR count). The van der Waals surface area contributed by atoms with Crippen molar-refractivity contribution in [1.82, 2.24) is 10.6 Å².